The van der Waals surface area contributed by atoms with Crippen LogP contribution in [-0.4, -0.2) is 68.1 Å². The van der Waals surface area contributed by atoms with Gasteiger partial charge in [0.15, 0.2) is 11.8 Å². The number of rotatable bonds is 9. The highest BCUT2D eigenvalue weighted by Gasteiger charge is 2.30. The molecule has 29 heavy (non-hydrogen) atoms. The van der Waals surface area contributed by atoms with Crippen LogP contribution in [0.3, 0.4) is 0 Å². The molecule has 3 amide bonds. The highest BCUT2D eigenvalue weighted by molar-refractivity contribution is 6.10. The number of ether oxygens (including phenoxy) is 2. The second-order valence-electron chi connectivity index (χ2n) is 6.17. The molecule has 0 spiro atoms. The second kappa shape index (κ2) is 10.1. The van der Waals surface area contributed by atoms with E-state index >= 15 is 0 Å². The smallest absolute Gasteiger partial charge is 0.387 e. The summed E-state index contributed by atoms with van der Waals surface area (Å²) in [5.74, 6) is -2.30. The minimum Gasteiger partial charge on any atom is -0.433 e. The normalized spacial score (nSPS) is 15.5. The molecule has 0 radical (unpaired) electrons. The number of carbonyl (C=O) groups excluding carboxylic acids is 3. The number of halogens is 2. The first-order chi connectivity index (χ1) is 13.8. The zero-order valence-corrected chi connectivity index (χ0v) is 16.2. The quantitative estimate of drug-likeness (QED) is 0.578. The van der Waals surface area contributed by atoms with Gasteiger partial charge in [-0.1, -0.05) is 13.8 Å². The average Bonchev–Trinajstić information content (AvgIpc) is 2.66. The molecule has 0 bridgehead atoms. The van der Waals surface area contributed by atoms with Gasteiger partial charge in [-0.3, -0.25) is 19.3 Å². The molecule has 0 aliphatic carbocycles. The number of hydrogen-bond acceptors (Lipinski definition) is 6. The summed E-state index contributed by atoms with van der Waals surface area (Å²) in [6, 6.07) is 2.76. The first-order valence-corrected chi connectivity index (χ1v) is 9.09. The number of carbonyl (C=O) groups is 3. The lowest BCUT2D eigenvalue weighted by Gasteiger charge is -2.28. The minimum absolute atomic E-state index is 0.0711. The van der Waals surface area contributed by atoms with Gasteiger partial charge in [-0.05, 0) is 25.2 Å². The summed E-state index contributed by atoms with van der Waals surface area (Å²) >= 11 is 0. The fraction of sp³-hybridized carbons (Fsp3) is 0.500. The van der Waals surface area contributed by atoms with E-state index in [0.717, 1.165) is 0 Å². The van der Waals surface area contributed by atoms with E-state index in [1.807, 2.05) is 0 Å². The number of likely N-dealkylation sites (N-methyl/N-ethyl adjacent to an activating group) is 1. The maximum Gasteiger partial charge on any atom is 0.387 e. The van der Waals surface area contributed by atoms with Crippen LogP contribution in [0.15, 0.2) is 18.2 Å². The van der Waals surface area contributed by atoms with Crippen LogP contribution in [0.2, 0.25) is 0 Å². The van der Waals surface area contributed by atoms with Gasteiger partial charge in [-0.15, -0.1) is 0 Å². The Labute approximate surface area is 166 Å². The molecule has 160 valence electrons. The molecule has 1 fully saturated rings. The van der Waals surface area contributed by atoms with Crippen molar-refractivity contribution in [2.75, 3.05) is 43.1 Å². The van der Waals surface area contributed by atoms with Crippen LogP contribution in [-0.2, 0) is 19.1 Å². The lowest BCUT2D eigenvalue weighted by Crippen LogP contribution is -2.52. The van der Waals surface area contributed by atoms with Gasteiger partial charge in [0.25, 0.3) is 11.8 Å². The third-order valence-corrected chi connectivity index (χ3v) is 4.43. The molecule has 1 aliphatic heterocycles. The maximum atomic E-state index is 12.9. The molecule has 2 rings (SSSR count). The number of amides is 3. The van der Waals surface area contributed by atoms with Gasteiger partial charge < -0.3 is 25.4 Å². The molecule has 1 saturated heterocycles. The Morgan fingerprint density at radius 3 is 2.59 bits per heavy atom. The standard InChI is InChI=1S/C18H24F2N4O5/c1-3-23(4-2)15(16(21)26)17(27)22-12-6-5-11(9-13(12)29-18(19)20)24-7-8-28-10-14(24)25/h5-6,9,15,18H,3-4,7-8,10H2,1-2H3,(H2,21,26)(H,22,27)/t15-/m0/s1. The van der Waals surface area contributed by atoms with Crippen molar-refractivity contribution in [1.29, 1.82) is 0 Å². The van der Waals surface area contributed by atoms with Gasteiger partial charge >= 0.3 is 6.61 Å². The summed E-state index contributed by atoms with van der Waals surface area (Å²) in [4.78, 5) is 39.3. The number of hydrogen-bond donors (Lipinski definition) is 2. The molecular formula is C18H24F2N4O5. The minimum atomic E-state index is -3.16. The van der Waals surface area contributed by atoms with Crippen molar-refractivity contribution in [3.05, 3.63) is 18.2 Å². The first-order valence-electron chi connectivity index (χ1n) is 9.09. The largest absolute Gasteiger partial charge is 0.433 e. The van der Waals surface area contributed by atoms with Gasteiger partial charge in [0, 0.05) is 18.3 Å². The van der Waals surface area contributed by atoms with Crippen LogP contribution in [0.1, 0.15) is 13.8 Å². The van der Waals surface area contributed by atoms with Gasteiger partial charge in [0.05, 0.1) is 12.3 Å². The Hall–Kier alpha value is -2.79. The van der Waals surface area contributed by atoms with E-state index in [2.05, 4.69) is 10.1 Å². The predicted octanol–water partition coefficient (Wildman–Crippen LogP) is 0.785. The van der Waals surface area contributed by atoms with Crippen molar-refractivity contribution in [2.24, 2.45) is 5.73 Å². The number of anilines is 2. The number of nitrogens with zero attached hydrogens (tertiary/aromatic N) is 2. The molecule has 1 aromatic carbocycles. The molecule has 0 saturated carbocycles. The van der Waals surface area contributed by atoms with Crippen LogP contribution in [0, 0.1) is 0 Å². The van der Waals surface area contributed by atoms with E-state index in [-0.39, 0.29) is 30.5 Å². The van der Waals surface area contributed by atoms with Crippen molar-refractivity contribution in [3.63, 3.8) is 0 Å². The summed E-state index contributed by atoms with van der Waals surface area (Å²) in [6.07, 6.45) is 0. The van der Waals surface area contributed by atoms with Crippen molar-refractivity contribution in [1.82, 2.24) is 4.90 Å². The van der Waals surface area contributed by atoms with Crippen LogP contribution in [0.25, 0.3) is 0 Å². The number of primary amides is 1. The van der Waals surface area contributed by atoms with Crippen molar-refractivity contribution < 1.29 is 32.6 Å². The molecule has 1 heterocycles. The predicted molar refractivity (Wildman–Crippen MR) is 101 cm³/mol. The van der Waals surface area contributed by atoms with E-state index in [4.69, 9.17) is 10.5 Å². The summed E-state index contributed by atoms with van der Waals surface area (Å²) in [7, 11) is 0. The van der Waals surface area contributed by atoms with E-state index in [1.165, 1.54) is 28.0 Å². The molecule has 1 atom stereocenters. The summed E-state index contributed by atoms with van der Waals surface area (Å²) in [5, 5.41) is 2.42. The molecular weight excluding hydrogens is 390 g/mol. The van der Waals surface area contributed by atoms with Crippen molar-refractivity contribution >= 4 is 29.1 Å². The van der Waals surface area contributed by atoms with Crippen LogP contribution in [0.4, 0.5) is 20.2 Å². The Kier molecular flexibility index (Phi) is 7.85. The second-order valence-corrected chi connectivity index (χ2v) is 6.17. The number of morpholine rings is 1. The molecule has 0 unspecified atom stereocenters. The van der Waals surface area contributed by atoms with E-state index in [0.29, 0.717) is 25.4 Å². The number of benzene rings is 1. The molecule has 9 nitrogen and oxygen atoms in total. The van der Waals surface area contributed by atoms with Gasteiger partial charge in [-0.2, -0.15) is 8.78 Å². The monoisotopic (exact) mass is 414 g/mol. The number of alkyl halides is 2. The zero-order valence-electron chi connectivity index (χ0n) is 16.2. The highest BCUT2D eigenvalue weighted by Crippen LogP contribution is 2.32. The van der Waals surface area contributed by atoms with Crippen molar-refractivity contribution in [2.45, 2.75) is 26.5 Å². The van der Waals surface area contributed by atoms with Gasteiger partial charge in [0.2, 0.25) is 5.91 Å². The van der Waals surface area contributed by atoms with E-state index in [1.54, 1.807) is 13.8 Å². The van der Waals surface area contributed by atoms with Gasteiger partial charge in [0.1, 0.15) is 6.61 Å². The zero-order chi connectivity index (χ0) is 21.6. The fourth-order valence-corrected chi connectivity index (χ4v) is 3.03. The Bertz CT molecular complexity index is 758. The SMILES string of the molecule is CCN(CC)[C@@H](C(N)=O)C(=O)Nc1ccc(N2CCOCC2=O)cc1OC(F)F. The Balaban J connectivity index is 2.31. The van der Waals surface area contributed by atoms with E-state index in [9.17, 15) is 23.2 Å². The van der Waals surface area contributed by atoms with Crippen molar-refractivity contribution in [3.8, 4) is 5.75 Å². The molecule has 3 N–H and O–H groups in total. The van der Waals surface area contributed by atoms with Crippen LogP contribution >= 0.6 is 0 Å². The molecule has 1 aromatic rings. The number of nitrogens with two attached hydrogens (primary N) is 1. The Morgan fingerprint density at radius 2 is 2.03 bits per heavy atom. The summed E-state index contributed by atoms with van der Waals surface area (Å²) < 4.78 is 35.4. The first kappa shape index (κ1) is 22.5. The third kappa shape index (κ3) is 5.61. The number of nitrogens with one attached hydrogen (secondary N) is 1. The highest BCUT2D eigenvalue weighted by atomic mass is 19.3. The lowest BCUT2D eigenvalue weighted by atomic mass is 10.2. The third-order valence-electron chi connectivity index (χ3n) is 4.43. The van der Waals surface area contributed by atoms with Crippen LogP contribution in [0.5, 0.6) is 5.75 Å². The molecule has 1 aliphatic rings. The maximum absolute atomic E-state index is 12.9. The molecule has 0 aromatic heterocycles. The van der Waals surface area contributed by atoms with Gasteiger partial charge in [-0.25, -0.2) is 0 Å². The summed E-state index contributed by atoms with van der Waals surface area (Å²) in [5.41, 5.74) is 5.60. The molecule has 11 heteroatoms. The fourth-order valence-electron chi connectivity index (χ4n) is 3.03. The topological polar surface area (TPSA) is 114 Å². The lowest BCUT2D eigenvalue weighted by molar-refractivity contribution is -0.132. The van der Waals surface area contributed by atoms with E-state index < -0.39 is 24.5 Å². The van der Waals surface area contributed by atoms with Crippen LogP contribution < -0.4 is 20.7 Å². The average molecular weight is 414 g/mol. The Morgan fingerprint density at radius 1 is 1.34 bits per heavy atom. The summed E-state index contributed by atoms with van der Waals surface area (Å²) in [6.45, 7) is 1.57.